The van der Waals surface area contributed by atoms with E-state index in [9.17, 15) is 4.79 Å². The highest BCUT2D eigenvalue weighted by molar-refractivity contribution is 7.99. The van der Waals surface area contributed by atoms with Crippen LogP contribution < -0.4 is 0 Å². The molecule has 0 aliphatic heterocycles. The van der Waals surface area contributed by atoms with Crippen LogP contribution in [-0.2, 0) is 9.53 Å². The van der Waals surface area contributed by atoms with Gasteiger partial charge in [-0.05, 0) is 19.1 Å². The summed E-state index contributed by atoms with van der Waals surface area (Å²) in [5.41, 5.74) is 0. The maximum absolute atomic E-state index is 11.3. The van der Waals surface area contributed by atoms with E-state index < -0.39 is 0 Å². The van der Waals surface area contributed by atoms with Crippen LogP contribution in [0.5, 0.6) is 0 Å². The highest BCUT2D eigenvalue weighted by Gasteiger charge is 2.14. The Balaban J connectivity index is 2.34. The van der Waals surface area contributed by atoms with Crippen molar-refractivity contribution in [1.82, 2.24) is 4.98 Å². The van der Waals surface area contributed by atoms with Crippen molar-refractivity contribution < 1.29 is 9.53 Å². The fourth-order valence-electron chi connectivity index (χ4n) is 0.995. The van der Waals surface area contributed by atoms with Gasteiger partial charge in [-0.1, -0.05) is 13.0 Å². The molecule has 1 aromatic heterocycles. The van der Waals surface area contributed by atoms with Crippen LogP contribution in [-0.4, -0.2) is 23.3 Å². The first-order valence-corrected chi connectivity index (χ1v) is 5.93. The molecule has 1 unspecified atom stereocenters. The van der Waals surface area contributed by atoms with E-state index in [4.69, 9.17) is 4.74 Å². The van der Waals surface area contributed by atoms with Gasteiger partial charge >= 0.3 is 5.97 Å². The summed E-state index contributed by atoms with van der Waals surface area (Å²) in [5.74, 6) is 0.480. The lowest BCUT2D eigenvalue weighted by atomic mass is 10.2. The van der Waals surface area contributed by atoms with E-state index in [0.717, 1.165) is 5.03 Å². The largest absolute Gasteiger partial charge is 0.466 e. The molecule has 3 nitrogen and oxygen atoms in total. The van der Waals surface area contributed by atoms with Gasteiger partial charge < -0.3 is 4.74 Å². The molecule has 82 valence electrons. The minimum atomic E-state index is -0.138. The molecule has 0 saturated carbocycles. The van der Waals surface area contributed by atoms with Crippen molar-refractivity contribution in [2.24, 2.45) is 5.92 Å². The van der Waals surface area contributed by atoms with Crippen molar-refractivity contribution in [1.29, 1.82) is 0 Å². The summed E-state index contributed by atoms with van der Waals surface area (Å²) in [5, 5.41) is 0.939. The van der Waals surface area contributed by atoms with Gasteiger partial charge in [-0.25, -0.2) is 4.98 Å². The first-order chi connectivity index (χ1) is 7.24. The minimum Gasteiger partial charge on any atom is -0.466 e. The normalized spacial score (nSPS) is 12.1. The number of ether oxygens (including phenoxy) is 1. The molecule has 4 heteroatoms. The average Bonchev–Trinajstić information content (AvgIpc) is 2.27. The number of esters is 1. The Hall–Kier alpha value is -1.03. The molecule has 0 aliphatic rings. The van der Waals surface area contributed by atoms with Crippen LogP contribution in [0, 0.1) is 5.92 Å². The lowest BCUT2D eigenvalue weighted by Gasteiger charge is -2.09. The van der Waals surface area contributed by atoms with E-state index in [0.29, 0.717) is 12.4 Å². The highest BCUT2D eigenvalue weighted by atomic mass is 32.2. The standard InChI is InChI=1S/C11H15NO2S/c1-3-14-11(13)9(2)8-15-10-6-4-5-7-12-10/h4-7,9H,3,8H2,1-2H3. The van der Waals surface area contributed by atoms with Crippen molar-refractivity contribution in [3.05, 3.63) is 24.4 Å². The van der Waals surface area contributed by atoms with Gasteiger partial charge in [0.15, 0.2) is 0 Å². The average molecular weight is 225 g/mol. The number of carbonyl (C=O) groups is 1. The zero-order chi connectivity index (χ0) is 11.1. The topological polar surface area (TPSA) is 39.2 Å². The van der Waals surface area contributed by atoms with Crippen LogP contribution in [0.4, 0.5) is 0 Å². The lowest BCUT2D eigenvalue weighted by molar-refractivity contribution is -0.146. The number of thioether (sulfide) groups is 1. The molecular formula is C11H15NO2S. The fraction of sp³-hybridized carbons (Fsp3) is 0.455. The molecule has 0 fully saturated rings. The van der Waals surface area contributed by atoms with Gasteiger partial charge in [0.25, 0.3) is 0 Å². The van der Waals surface area contributed by atoms with Crippen molar-refractivity contribution in [2.75, 3.05) is 12.4 Å². The predicted octanol–water partition coefficient (Wildman–Crippen LogP) is 2.37. The fourth-order valence-corrected chi connectivity index (χ4v) is 1.86. The van der Waals surface area contributed by atoms with E-state index in [1.807, 2.05) is 32.0 Å². The molecule has 15 heavy (non-hydrogen) atoms. The zero-order valence-corrected chi connectivity index (χ0v) is 9.79. The molecule has 0 bridgehead atoms. The van der Waals surface area contributed by atoms with Gasteiger partial charge in [0, 0.05) is 11.9 Å². The lowest BCUT2D eigenvalue weighted by Crippen LogP contribution is -2.16. The quantitative estimate of drug-likeness (QED) is 0.569. The van der Waals surface area contributed by atoms with E-state index >= 15 is 0 Å². The highest BCUT2D eigenvalue weighted by Crippen LogP contribution is 2.18. The first kappa shape index (κ1) is 12.0. The van der Waals surface area contributed by atoms with Gasteiger partial charge in [0.2, 0.25) is 0 Å². The molecule has 1 aromatic rings. The van der Waals surface area contributed by atoms with E-state index in [2.05, 4.69) is 4.98 Å². The Morgan fingerprint density at radius 3 is 3.00 bits per heavy atom. The summed E-state index contributed by atoms with van der Waals surface area (Å²) in [4.78, 5) is 15.5. The van der Waals surface area contributed by atoms with Crippen LogP contribution in [0.1, 0.15) is 13.8 Å². The molecule has 0 aromatic carbocycles. The Morgan fingerprint density at radius 1 is 1.60 bits per heavy atom. The zero-order valence-electron chi connectivity index (χ0n) is 8.97. The number of aromatic nitrogens is 1. The molecule has 0 amide bonds. The summed E-state index contributed by atoms with van der Waals surface area (Å²) in [6.45, 7) is 4.13. The Bertz CT molecular complexity index is 303. The maximum Gasteiger partial charge on any atom is 0.309 e. The van der Waals surface area contributed by atoms with Gasteiger partial charge in [-0.2, -0.15) is 0 Å². The van der Waals surface area contributed by atoms with Gasteiger partial charge in [0.1, 0.15) is 0 Å². The van der Waals surface area contributed by atoms with Crippen LogP contribution in [0.2, 0.25) is 0 Å². The Labute approximate surface area is 94.2 Å². The van der Waals surface area contributed by atoms with Crippen molar-refractivity contribution in [2.45, 2.75) is 18.9 Å². The third-order valence-corrected chi connectivity index (χ3v) is 3.01. The summed E-state index contributed by atoms with van der Waals surface area (Å²) in [7, 11) is 0. The summed E-state index contributed by atoms with van der Waals surface area (Å²) >= 11 is 1.57. The molecule has 0 spiro atoms. The van der Waals surface area contributed by atoms with E-state index in [1.54, 1.807) is 18.0 Å². The second-order valence-electron chi connectivity index (χ2n) is 3.13. The maximum atomic E-state index is 11.3. The smallest absolute Gasteiger partial charge is 0.309 e. The molecular weight excluding hydrogens is 210 g/mol. The minimum absolute atomic E-state index is 0.0862. The van der Waals surface area contributed by atoms with Crippen molar-refractivity contribution in [3.63, 3.8) is 0 Å². The number of pyridine rings is 1. The SMILES string of the molecule is CCOC(=O)C(C)CSc1ccccn1. The van der Waals surface area contributed by atoms with E-state index in [1.165, 1.54) is 0 Å². The van der Waals surface area contributed by atoms with E-state index in [-0.39, 0.29) is 11.9 Å². The first-order valence-electron chi connectivity index (χ1n) is 4.94. The predicted molar refractivity (Wildman–Crippen MR) is 60.8 cm³/mol. The molecule has 0 saturated heterocycles. The molecule has 0 radical (unpaired) electrons. The summed E-state index contributed by atoms with van der Waals surface area (Å²) in [6, 6.07) is 5.74. The van der Waals surface area contributed by atoms with Crippen LogP contribution in [0.25, 0.3) is 0 Å². The number of rotatable bonds is 5. The number of carbonyl (C=O) groups excluding carboxylic acids is 1. The third-order valence-electron chi connectivity index (χ3n) is 1.81. The molecule has 0 N–H and O–H groups in total. The molecule has 1 atom stereocenters. The second-order valence-corrected chi connectivity index (χ2v) is 4.17. The monoisotopic (exact) mass is 225 g/mol. The number of hydrogen-bond donors (Lipinski definition) is 0. The summed E-state index contributed by atoms with van der Waals surface area (Å²) < 4.78 is 4.92. The van der Waals surface area contributed by atoms with Gasteiger partial charge in [0.05, 0.1) is 17.6 Å². The Kier molecular flexibility index (Phi) is 5.18. The third kappa shape index (κ3) is 4.34. The van der Waals surface area contributed by atoms with Gasteiger partial charge in [-0.3, -0.25) is 4.79 Å². The van der Waals surface area contributed by atoms with Crippen LogP contribution >= 0.6 is 11.8 Å². The summed E-state index contributed by atoms with van der Waals surface area (Å²) in [6.07, 6.45) is 1.75. The van der Waals surface area contributed by atoms with Crippen molar-refractivity contribution >= 4 is 17.7 Å². The second kappa shape index (κ2) is 6.45. The van der Waals surface area contributed by atoms with Crippen LogP contribution in [0.15, 0.2) is 29.4 Å². The van der Waals surface area contributed by atoms with Crippen molar-refractivity contribution in [3.8, 4) is 0 Å². The van der Waals surface area contributed by atoms with Gasteiger partial charge in [-0.15, -0.1) is 11.8 Å². The number of nitrogens with zero attached hydrogens (tertiary/aromatic N) is 1. The molecule has 1 rings (SSSR count). The Morgan fingerprint density at radius 2 is 2.40 bits per heavy atom. The van der Waals surface area contributed by atoms with Crippen LogP contribution in [0.3, 0.4) is 0 Å². The molecule has 0 aliphatic carbocycles. The number of hydrogen-bond acceptors (Lipinski definition) is 4. The molecule has 1 heterocycles.